The summed E-state index contributed by atoms with van der Waals surface area (Å²) in [7, 11) is 0. The fraction of sp³-hybridized carbons (Fsp3) is 0.818. The van der Waals surface area contributed by atoms with Gasteiger partial charge in [-0.25, -0.2) is 0 Å². The number of nitrogens with zero attached hydrogens (tertiary/aromatic N) is 3. The smallest absolute Gasteiger partial charge is 0.130 e. The van der Waals surface area contributed by atoms with Crippen molar-refractivity contribution in [2.45, 2.75) is 32.7 Å². The molecule has 1 aromatic heterocycles. The van der Waals surface area contributed by atoms with Gasteiger partial charge in [0.2, 0.25) is 0 Å². The van der Waals surface area contributed by atoms with E-state index in [-0.39, 0.29) is 0 Å². The van der Waals surface area contributed by atoms with Crippen LogP contribution in [-0.2, 0) is 0 Å². The quantitative estimate of drug-likeness (QED) is 0.875. The lowest BCUT2D eigenvalue weighted by Crippen LogP contribution is -2.41. The number of likely N-dealkylation sites (tertiary alicyclic amines) is 1. The number of hydrogen-bond donors (Lipinski definition) is 1. The summed E-state index contributed by atoms with van der Waals surface area (Å²) in [5, 5.41) is 8.43. The molecule has 1 aromatic rings. The van der Waals surface area contributed by atoms with Crippen LogP contribution < -0.4 is 5.32 Å². The van der Waals surface area contributed by atoms with E-state index in [9.17, 15) is 0 Å². The Kier molecular flexibility index (Phi) is 4.12. The summed E-state index contributed by atoms with van der Waals surface area (Å²) in [6.07, 6.45) is 4.46. The molecule has 0 bridgehead atoms. The van der Waals surface area contributed by atoms with E-state index in [0.29, 0.717) is 6.04 Å². The van der Waals surface area contributed by atoms with Crippen LogP contribution in [-0.4, -0.2) is 40.2 Å². The third-order valence-electron chi connectivity index (χ3n) is 3.43. The Morgan fingerprint density at radius 1 is 1.69 bits per heavy atom. The zero-order chi connectivity index (χ0) is 11.4. The van der Waals surface area contributed by atoms with Gasteiger partial charge in [-0.3, -0.25) is 0 Å². The topological polar surface area (TPSA) is 41.0 Å². The maximum Gasteiger partial charge on any atom is 0.130 e. The van der Waals surface area contributed by atoms with Crippen LogP contribution in [0.2, 0.25) is 0 Å². The van der Waals surface area contributed by atoms with E-state index in [2.05, 4.69) is 33.7 Å². The van der Waals surface area contributed by atoms with Gasteiger partial charge in [-0.1, -0.05) is 11.4 Å². The SMILES string of the molecule is CCN1CCCC(C(C)Nc2cnns2)C1. The number of hydrogen-bond acceptors (Lipinski definition) is 5. The Bertz CT molecular complexity index is 301. The molecule has 90 valence electrons. The molecule has 16 heavy (non-hydrogen) atoms. The van der Waals surface area contributed by atoms with Crippen molar-refractivity contribution in [3.63, 3.8) is 0 Å². The van der Waals surface area contributed by atoms with Crippen molar-refractivity contribution in [3.05, 3.63) is 6.20 Å². The number of anilines is 1. The van der Waals surface area contributed by atoms with Gasteiger partial charge in [-0.15, -0.1) is 5.10 Å². The predicted octanol–water partition coefficient (Wildman–Crippen LogP) is 2.07. The van der Waals surface area contributed by atoms with E-state index >= 15 is 0 Å². The van der Waals surface area contributed by atoms with E-state index in [1.807, 2.05) is 6.20 Å². The second-order valence-corrected chi connectivity index (χ2v) is 5.30. The minimum absolute atomic E-state index is 0.511. The van der Waals surface area contributed by atoms with Crippen molar-refractivity contribution in [1.29, 1.82) is 0 Å². The maximum atomic E-state index is 3.87. The number of nitrogens with one attached hydrogen (secondary N) is 1. The number of rotatable bonds is 4. The summed E-state index contributed by atoms with van der Waals surface area (Å²) < 4.78 is 3.87. The first kappa shape index (κ1) is 11.8. The van der Waals surface area contributed by atoms with Crippen LogP contribution in [0.25, 0.3) is 0 Å². The Morgan fingerprint density at radius 3 is 3.25 bits per heavy atom. The van der Waals surface area contributed by atoms with Gasteiger partial charge in [0, 0.05) is 24.1 Å². The second kappa shape index (κ2) is 5.59. The Labute approximate surface area is 101 Å². The van der Waals surface area contributed by atoms with E-state index in [4.69, 9.17) is 0 Å². The molecule has 1 aliphatic heterocycles. The first-order valence-electron chi connectivity index (χ1n) is 6.06. The van der Waals surface area contributed by atoms with Crippen LogP contribution in [0.5, 0.6) is 0 Å². The van der Waals surface area contributed by atoms with Crippen molar-refractivity contribution >= 4 is 16.5 Å². The molecule has 0 radical (unpaired) electrons. The normalized spacial score (nSPS) is 24.2. The molecule has 0 spiro atoms. The van der Waals surface area contributed by atoms with Crippen LogP contribution in [0.1, 0.15) is 26.7 Å². The van der Waals surface area contributed by atoms with Crippen LogP contribution >= 0.6 is 11.5 Å². The fourth-order valence-electron chi connectivity index (χ4n) is 2.36. The van der Waals surface area contributed by atoms with Gasteiger partial charge in [-0.2, -0.15) is 0 Å². The van der Waals surface area contributed by atoms with Crippen molar-refractivity contribution in [2.75, 3.05) is 25.0 Å². The van der Waals surface area contributed by atoms with Gasteiger partial charge >= 0.3 is 0 Å². The molecule has 0 amide bonds. The summed E-state index contributed by atoms with van der Waals surface area (Å²) >= 11 is 1.44. The Balaban J connectivity index is 1.86. The molecule has 5 heteroatoms. The van der Waals surface area contributed by atoms with E-state index in [0.717, 1.165) is 10.9 Å². The summed E-state index contributed by atoms with van der Waals surface area (Å²) in [5.74, 6) is 0.746. The zero-order valence-corrected chi connectivity index (χ0v) is 10.8. The van der Waals surface area contributed by atoms with Gasteiger partial charge in [0.25, 0.3) is 0 Å². The molecule has 2 atom stereocenters. The molecule has 1 fully saturated rings. The molecule has 1 aliphatic rings. The molecule has 0 aromatic carbocycles. The van der Waals surface area contributed by atoms with Crippen LogP contribution in [0, 0.1) is 5.92 Å². The monoisotopic (exact) mass is 240 g/mol. The third kappa shape index (κ3) is 2.92. The van der Waals surface area contributed by atoms with Crippen molar-refractivity contribution in [3.8, 4) is 0 Å². The van der Waals surface area contributed by atoms with Crippen molar-refractivity contribution < 1.29 is 0 Å². The van der Waals surface area contributed by atoms with E-state index in [1.54, 1.807) is 0 Å². The average Bonchev–Trinajstić information content (AvgIpc) is 2.82. The fourth-order valence-corrected chi connectivity index (χ4v) is 2.87. The molecule has 2 rings (SSSR count). The molecule has 2 unspecified atom stereocenters. The molecule has 4 nitrogen and oxygen atoms in total. The average molecular weight is 240 g/mol. The highest BCUT2D eigenvalue weighted by Gasteiger charge is 2.23. The minimum atomic E-state index is 0.511. The van der Waals surface area contributed by atoms with Gasteiger partial charge < -0.3 is 10.2 Å². The molecular formula is C11H20N4S. The van der Waals surface area contributed by atoms with Crippen molar-refractivity contribution in [2.24, 2.45) is 5.92 Å². The van der Waals surface area contributed by atoms with Gasteiger partial charge in [0.05, 0.1) is 6.20 Å². The highest BCUT2D eigenvalue weighted by molar-refractivity contribution is 7.09. The summed E-state index contributed by atoms with van der Waals surface area (Å²) in [6.45, 7) is 8.17. The summed E-state index contributed by atoms with van der Waals surface area (Å²) in [5.41, 5.74) is 0. The molecular weight excluding hydrogens is 220 g/mol. The standard InChI is InChI=1S/C11H20N4S/c1-3-15-6-4-5-10(8-15)9(2)13-11-7-12-14-16-11/h7,9-10,13H,3-6,8H2,1-2H3. The van der Waals surface area contributed by atoms with E-state index < -0.39 is 0 Å². The molecule has 1 N–H and O–H groups in total. The van der Waals surface area contributed by atoms with Crippen LogP contribution in [0.15, 0.2) is 6.20 Å². The van der Waals surface area contributed by atoms with Crippen molar-refractivity contribution in [1.82, 2.24) is 14.5 Å². The lowest BCUT2D eigenvalue weighted by Gasteiger charge is -2.35. The summed E-state index contributed by atoms with van der Waals surface area (Å²) in [6, 6.07) is 0.511. The number of piperidine rings is 1. The highest BCUT2D eigenvalue weighted by atomic mass is 32.1. The second-order valence-electron chi connectivity index (χ2n) is 4.51. The molecule has 1 saturated heterocycles. The highest BCUT2D eigenvalue weighted by Crippen LogP contribution is 2.22. The Hall–Kier alpha value is -0.680. The predicted molar refractivity (Wildman–Crippen MR) is 67.8 cm³/mol. The van der Waals surface area contributed by atoms with E-state index in [1.165, 1.54) is 44.0 Å². The maximum absolute atomic E-state index is 3.87. The Morgan fingerprint density at radius 2 is 2.56 bits per heavy atom. The minimum Gasteiger partial charge on any atom is -0.372 e. The first-order valence-corrected chi connectivity index (χ1v) is 6.83. The summed E-state index contributed by atoms with van der Waals surface area (Å²) in [4.78, 5) is 2.54. The van der Waals surface area contributed by atoms with Crippen LogP contribution in [0.4, 0.5) is 5.00 Å². The zero-order valence-electron chi connectivity index (χ0n) is 10.0. The number of aromatic nitrogens is 2. The molecule has 2 heterocycles. The van der Waals surface area contributed by atoms with Gasteiger partial charge in [0.1, 0.15) is 5.00 Å². The lowest BCUT2D eigenvalue weighted by molar-refractivity contribution is 0.172. The molecule has 0 aliphatic carbocycles. The largest absolute Gasteiger partial charge is 0.372 e. The molecule has 0 saturated carbocycles. The van der Waals surface area contributed by atoms with Gasteiger partial charge in [-0.05, 0) is 38.8 Å². The first-order chi connectivity index (χ1) is 7.79. The lowest BCUT2D eigenvalue weighted by atomic mass is 9.91. The van der Waals surface area contributed by atoms with Crippen LogP contribution in [0.3, 0.4) is 0 Å². The van der Waals surface area contributed by atoms with Gasteiger partial charge in [0.15, 0.2) is 0 Å². The third-order valence-corrected chi connectivity index (χ3v) is 4.02.